The van der Waals surface area contributed by atoms with Crippen LogP contribution in [0.3, 0.4) is 0 Å². The molecule has 8 nitrogen and oxygen atoms in total. The van der Waals surface area contributed by atoms with Gasteiger partial charge in [0.2, 0.25) is 0 Å². The number of carbonyl (C=O) groups excluding carboxylic acids is 2. The highest BCUT2D eigenvalue weighted by atomic mass is 19.4. The number of urea groups is 1. The Labute approximate surface area is 249 Å². The number of carboxylic acid groups (broad SMARTS) is 1. The van der Waals surface area contributed by atoms with Gasteiger partial charge >= 0.3 is 18.2 Å². The Morgan fingerprint density at radius 3 is 2.32 bits per heavy atom. The summed E-state index contributed by atoms with van der Waals surface area (Å²) in [7, 11) is 0. The quantitative estimate of drug-likeness (QED) is 0.230. The van der Waals surface area contributed by atoms with Crippen molar-refractivity contribution in [2.75, 3.05) is 4.90 Å². The summed E-state index contributed by atoms with van der Waals surface area (Å²) >= 11 is 0. The minimum absolute atomic E-state index is 0.0324. The van der Waals surface area contributed by atoms with Gasteiger partial charge in [-0.3, -0.25) is 14.7 Å². The highest BCUT2D eigenvalue weighted by Crippen LogP contribution is 2.42. The van der Waals surface area contributed by atoms with Crippen molar-refractivity contribution in [3.63, 3.8) is 0 Å². The van der Waals surface area contributed by atoms with Crippen LogP contribution in [0, 0.1) is 11.3 Å². The molecule has 0 saturated heterocycles. The number of anilines is 1. The molecule has 1 unspecified atom stereocenters. The number of aromatic carboxylic acids is 1. The molecule has 0 radical (unpaired) electrons. The second-order valence-electron chi connectivity index (χ2n) is 10.0. The van der Waals surface area contributed by atoms with Crippen molar-refractivity contribution in [2.45, 2.75) is 25.7 Å². The molecule has 0 saturated carbocycles. The molecule has 1 atom stereocenters. The number of aromatic nitrogens is 1. The number of alkyl halides is 3. The van der Waals surface area contributed by atoms with Crippen LogP contribution >= 0.6 is 0 Å². The van der Waals surface area contributed by atoms with E-state index in [1.54, 1.807) is 24.3 Å². The van der Waals surface area contributed by atoms with Gasteiger partial charge in [0.05, 0.1) is 34.5 Å². The smallest absolute Gasteiger partial charge is 0.416 e. The zero-order chi connectivity index (χ0) is 31.6. The Morgan fingerprint density at radius 2 is 1.68 bits per heavy atom. The number of halogens is 3. The molecular weight excluding hydrogens is 573 g/mol. The highest BCUT2D eigenvalue weighted by molar-refractivity contribution is 6.13. The molecule has 3 aromatic carbocycles. The number of carbonyl (C=O) groups is 3. The van der Waals surface area contributed by atoms with Crippen LogP contribution in [0.2, 0.25) is 0 Å². The molecule has 2 heterocycles. The largest absolute Gasteiger partial charge is 0.478 e. The lowest BCUT2D eigenvalue weighted by Crippen LogP contribution is -2.50. The second-order valence-corrected chi connectivity index (χ2v) is 10.0. The molecule has 0 fully saturated rings. The Bertz CT molecular complexity index is 1830. The number of nitriles is 1. The van der Waals surface area contributed by atoms with E-state index in [0.29, 0.717) is 16.7 Å². The molecule has 0 spiro atoms. The number of ketones is 1. The lowest BCUT2D eigenvalue weighted by Gasteiger charge is -2.43. The number of amides is 2. The van der Waals surface area contributed by atoms with Crippen LogP contribution in [-0.4, -0.2) is 32.8 Å². The Hall–Kier alpha value is -5.76. The number of Topliss-reactive ketones (excluding diaryl/α,β-unsaturated/α-hetero) is 1. The number of pyridine rings is 1. The van der Waals surface area contributed by atoms with Gasteiger partial charge in [-0.25, -0.2) is 9.59 Å². The van der Waals surface area contributed by atoms with Crippen molar-refractivity contribution in [3.05, 3.63) is 142 Å². The number of hydrogen-bond donors (Lipinski definition) is 1. The summed E-state index contributed by atoms with van der Waals surface area (Å²) in [5, 5.41) is 18.9. The van der Waals surface area contributed by atoms with Crippen LogP contribution in [0.4, 0.5) is 23.7 Å². The first kappa shape index (κ1) is 29.7. The average Bonchev–Trinajstić information content (AvgIpc) is 3.02. The molecule has 1 aromatic heterocycles. The number of rotatable bonds is 7. The van der Waals surface area contributed by atoms with E-state index < -0.39 is 35.6 Å². The van der Waals surface area contributed by atoms with E-state index >= 15 is 0 Å². The topological polar surface area (TPSA) is 115 Å². The number of nitrogens with zero attached hydrogens (tertiary/aromatic N) is 4. The summed E-state index contributed by atoms with van der Waals surface area (Å²) in [4.78, 5) is 46.6. The van der Waals surface area contributed by atoms with Gasteiger partial charge in [-0.05, 0) is 72.6 Å². The molecule has 2 amide bonds. The van der Waals surface area contributed by atoms with Crippen LogP contribution in [-0.2, 0) is 12.7 Å². The van der Waals surface area contributed by atoms with E-state index in [1.807, 2.05) is 6.07 Å². The van der Waals surface area contributed by atoms with Crippen molar-refractivity contribution in [2.24, 2.45) is 0 Å². The third-order valence-electron chi connectivity index (χ3n) is 7.23. The van der Waals surface area contributed by atoms with Crippen molar-refractivity contribution >= 4 is 23.5 Å². The fourth-order valence-corrected chi connectivity index (χ4v) is 5.17. The first-order valence-corrected chi connectivity index (χ1v) is 13.3. The van der Waals surface area contributed by atoms with Crippen LogP contribution in [0.1, 0.15) is 55.9 Å². The van der Waals surface area contributed by atoms with Crippen LogP contribution < -0.4 is 4.90 Å². The van der Waals surface area contributed by atoms with E-state index in [-0.39, 0.29) is 34.6 Å². The van der Waals surface area contributed by atoms with Crippen molar-refractivity contribution in [3.8, 4) is 6.07 Å². The minimum Gasteiger partial charge on any atom is -0.478 e. The van der Waals surface area contributed by atoms with Gasteiger partial charge in [0, 0.05) is 35.8 Å². The second kappa shape index (κ2) is 11.9. The number of carboxylic acids is 1. The molecule has 1 aliphatic heterocycles. The summed E-state index contributed by atoms with van der Waals surface area (Å²) in [5.74, 6) is -1.70. The Kier molecular flexibility index (Phi) is 8.01. The van der Waals surface area contributed by atoms with Gasteiger partial charge < -0.3 is 10.0 Å². The summed E-state index contributed by atoms with van der Waals surface area (Å²) in [5.41, 5.74) is 0.467. The number of hydrogen-bond acceptors (Lipinski definition) is 5. The summed E-state index contributed by atoms with van der Waals surface area (Å²) < 4.78 is 41.1. The Balaban J connectivity index is 1.77. The predicted octanol–water partition coefficient (Wildman–Crippen LogP) is 7.01. The molecule has 0 aliphatic carbocycles. The maximum absolute atomic E-state index is 14.4. The van der Waals surface area contributed by atoms with Crippen LogP contribution in [0.25, 0.3) is 0 Å². The third-order valence-corrected chi connectivity index (χ3v) is 7.23. The SMILES string of the molecule is CC1=C(C(=O)c2cccnc2)C(c2ccc(C#N)cc2)N(Cc2cccc(C(=O)O)c2)C(=O)N1c1cccc(C(F)(F)F)c1. The molecular formula is C33H23F3N4O4. The van der Waals surface area contributed by atoms with Crippen LogP contribution in [0.15, 0.2) is 109 Å². The molecule has 1 N–H and O–H groups in total. The predicted molar refractivity (Wildman–Crippen MR) is 153 cm³/mol. The van der Waals surface area contributed by atoms with Gasteiger partial charge in [-0.2, -0.15) is 18.4 Å². The molecule has 11 heteroatoms. The van der Waals surface area contributed by atoms with Gasteiger partial charge in [0.25, 0.3) is 0 Å². The van der Waals surface area contributed by atoms with Gasteiger partial charge in [-0.1, -0.05) is 30.3 Å². The maximum Gasteiger partial charge on any atom is 0.416 e. The van der Waals surface area contributed by atoms with Gasteiger partial charge in [0.1, 0.15) is 0 Å². The van der Waals surface area contributed by atoms with E-state index in [9.17, 15) is 37.9 Å². The summed E-state index contributed by atoms with van der Waals surface area (Å²) in [6.07, 6.45) is -1.86. The summed E-state index contributed by atoms with van der Waals surface area (Å²) in [6.45, 7) is 1.29. The normalized spacial score (nSPS) is 15.2. The molecule has 5 rings (SSSR count). The molecule has 220 valence electrons. The van der Waals surface area contributed by atoms with Crippen molar-refractivity contribution < 1.29 is 32.7 Å². The fraction of sp³-hybridized carbons (Fsp3) is 0.121. The summed E-state index contributed by atoms with van der Waals surface area (Å²) in [6, 6.07) is 19.7. The Morgan fingerprint density at radius 1 is 0.977 bits per heavy atom. The average molecular weight is 597 g/mol. The molecule has 0 bridgehead atoms. The van der Waals surface area contributed by atoms with Crippen molar-refractivity contribution in [1.82, 2.24) is 9.88 Å². The monoisotopic (exact) mass is 596 g/mol. The fourth-order valence-electron chi connectivity index (χ4n) is 5.17. The van der Waals surface area contributed by atoms with E-state index in [1.165, 1.54) is 72.7 Å². The van der Waals surface area contributed by atoms with Crippen molar-refractivity contribution in [1.29, 1.82) is 5.26 Å². The molecule has 4 aromatic rings. The minimum atomic E-state index is -4.69. The maximum atomic E-state index is 14.4. The molecule has 1 aliphatic rings. The zero-order valence-corrected chi connectivity index (χ0v) is 23.1. The lowest BCUT2D eigenvalue weighted by molar-refractivity contribution is -0.137. The van der Waals surface area contributed by atoms with Gasteiger partial charge in [-0.15, -0.1) is 0 Å². The van der Waals surface area contributed by atoms with Gasteiger partial charge in [0.15, 0.2) is 5.78 Å². The first-order valence-electron chi connectivity index (χ1n) is 13.3. The molecule has 44 heavy (non-hydrogen) atoms. The number of benzene rings is 3. The zero-order valence-electron chi connectivity index (χ0n) is 23.1. The highest BCUT2D eigenvalue weighted by Gasteiger charge is 2.43. The van der Waals surface area contributed by atoms with E-state index in [4.69, 9.17) is 0 Å². The first-order chi connectivity index (χ1) is 21.0. The standard InChI is InChI=1S/C33H23F3N4O4/c1-20-28(30(41)25-7-4-14-38-18-25)29(23-12-10-21(17-37)11-13-23)39(19-22-5-2-6-24(15-22)31(42)43)32(44)40(20)27-9-3-8-26(16-27)33(34,35)36/h2-16,18,29H,19H2,1H3,(H,42,43). The van der Waals surface area contributed by atoms with Crippen LogP contribution in [0.5, 0.6) is 0 Å². The van der Waals surface area contributed by atoms with E-state index in [2.05, 4.69) is 4.98 Å². The lowest BCUT2D eigenvalue weighted by atomic mass is 9.87. The van der Waals surface area contributed by atoms with E-state index in [0.717, 1.165) is 17.0 Å². The number of allylic oxidation sites excluding steroid dienone is 1. The third kappa shape index (κ3) is 5.78.